The third-order valence-electron chi connectivity index (χ3n) is 3.33. The molecule has 0 radical (unpaired) electrons. The smallest absolute Gasteiger partial charge is 0.0891 e. The van der Waals surface area contributed by atoms with Crippen LogP contribution in [0.3, 0.4) is 0 Å². The van der Waals surface area contributed by atoms with E-state index in [9.17, 15) is 0 Å². The van der Waals surface area contributed by atoms with Crippen LogP contribution in [0.4, 0.5) is 0 Å². The van der Waals surface area contributed by atoms with E-state index in [0.29, 0.717) is 18.6 Å². The topological polar surface area (TPSA) is 34.1 Å². The summed E-state index contributed by atoms with van der Waals surface area (Å²) in [6.07, 6.45) is 4.03. The second kappa shape index (κ2) is 7.01. The highest BCUT2D eigenvalue weighted by atomic mass is 16.5. The molecule has 2 rings (SSSR count). The van der Waals surface area contributed by atoms with Crippen molar-refractivity contribution in [2.24, 2.45) is 5.92 Å². The monoisotopic (exact) mass is 262 g/mol. The van der Waals surface area contributed by atoms with Gasteiger partial charge < -0.3 is 10.1 Å². The molecule has 3 nitrogen and oxygen atoms in total. The molecule has 0 spiro atoms. The zero-order chi connectivity index (χ0) is 13.7. The van der Waals surface area contributed by atoms with Gasteiger partial charge in [0.2, 0.25) is 0 Å². The first-order valence-corrected chi connectivity index (χ1v) is 7.43. The zero-order valence-corrected chi connectivity index (χ0v) is 12.4. The van der Waals surface area contributed by atoms with E-state index in [1.54, 1.807) is 0 Å². The van der Waals surface area contributed by atoms with Crippen LogP contribution < -0.4 is 5.32 Å². The average Bonchev–Trinajstić information content (AvgIpc) is 3.18. The molecule has 0 aromatic carbocycles. The normalized spacial score (nSPS) is 16.8. The summed E-state index contributed by atoms with van der Waals surface area (Å²) in [6.45, 7) is 8.08. The largest absolute Gasteiger partial charge is 0.372 e. The lowest BCUT2D eigenvalue weighted by atomic mass is 10.1. The predicted octanol–water partition coefficient (Wildman–Crippen LogP) is 3.28. The standard InChI is InChI=1S/C16H26N2O/c1-12(2)9-13(3)19-11-16-6-4-5-15(18-16)10-17-14-7-8-14/h4-6,12-14,17H,7-11H2,1-3H3. The number of pyridine rings is 1. The summed E-state index contributed by atoms with van der Waals surface area (Å²) in [6, 6.07) is 6.93. The highest BCUT2D eigenvalue weighted by molar-refractivity contribution is 5.11. The fourth-order valence-corrected chi connectivity index (χ4v) is 2.20. The molecule has 0 bridgehead atoms. The first-order chi connectivity index (χ1) is 9.13. The zero-order valence-electron chi connectivity index (χ0n) is 12.4. The second-order valence-corrected chi connectivity index (χ2v) is 6.03. The Balaban J connectivity index is 1.77. The van der Waals surface area contributed by atoms with Crippen molar-refractivity contribution in [3.05, 3.63) is 29.6 Å². The molecule has 1 saturated carbocycles. The first kappa shape index (κ1) is 14.5. The summed E-state index contributed by atoms with van der Waals surface area (Å²) in [5, 5.41) is 3.49. The van der Waals surface area contributed by atoms with E-state index >= 15 is 0 Å². The minimum atomic E-state index is 0.301. The maximum absolute atomic E-state index is 5.85. The van der Waals surface area contributed by atoms with E-state index in [4.69, 9.17) is 4.74 Å². The average molecular weight is 262 g/mol. The lowest BCUT2D eigenvalue weighted by molar-refractivity contribution is 0.0378. The van der Waals surface area contributed by atoms with E-state index in [2.05, 4.69) is 43.2 Å². The number of ether oxygens (including phenoxy) is 1. The van der Waals surface area contributed by atoms with Gasteiger partial charge in [0.15, 0.2) is 0 Å². The van der Waals surface area contributed by atoms with Crippen LogP contribution >= 0.6 is 0 Å². The number of hydrogen-bond acceptors (Lipinski definition) is 3. The molecule has 3 heteroatoms. The van der Waals surface area contributed by atoms with Gasteiger partial charge in [-0.1, -0.05) is 19.9 Å². The van der Waals surface area contributed by atoms with Crippen LogP contribution in [0, 0.1) is 5.92 Å². The summed E-state index contributed by atoms with van der Waals surface area (Å²) in [4.78, 5) is 4.64. The summed E-state index contributed by atoms with van der Waals surface area (Å²) in [5.74, 6) is 0.678. The summed E-state index contributed by atoms with van der Waals surface area (Å²) in [5.41, 5.74) is 2.15. The highest BCUT2D eigenvalue weighted by Gasteiger charge is 2.20. The van der Waals surface area contributed by atoms with Crippen molar-refractivity contribution < 1.29 is 4.74 Å². The predicted molar refractivity (Wildman–Crippen MR) is 77.8 cm³/mol. The van der Waals surface area contributed by atoms with Crippen molar-refractivity contribution in [2.45, 2.75) is 65.3 Å². The summed E-state index contributed by atoms with van der Waals surface area (Å²) >= 11 is 0. The van der Waals surface area contributed by atoms with Gasteiger partial charge in [0.25, 0.3) is 0 Å². The first-order valence-electron chi connectivity index (χ1n) is 7.43. The second-order valence-electron chi connectivity index (χ2n) is 6.03. The Labute approximate surface area is 116 Å². The van der Waals surface area contributed by atoms with Gasteiger partial charge in [-0.15, -0.1) is 0 Å². The fourth-order valence-electron chi connectivity index (χ4n) is 2.20. The molecule has 19 heavy (non-hydrogen) atoms. The van der Waals surface area contributed by atoms with Gasteiger partial charge in [0.05, 0.1) is 24.1 Å². The van der Waals surface area contributed by atoms with Crippen molar-refractivity contribution in [2.75, 3.05) is 0 Å². The molecule has 1 heterocycles. The minimum absolute atomic E-state index is 0.301. The van der Waals surface area contributed by atoms with Gasteiger partial charge in [-0.05, 0) is 44.2 Å². The van der Waals surface area contributed by atoms with Crippen LogP contribution in [0.2, 0.25) is 0 Å². The van der Waals surface area contributed by atoms with E-state index in [1.807, 2.05) is 6.07 Å². The molecular weight excluding hydrogens is 236 g/mol. The van der Waals surface area contributed by atoms with Crippen LogP contribution in [-0.4, -0.2) is 17.1 Å². The van der Waals surface area contributed by atoms with Crippen LogP contribution in [0.1, 0.15) is 51.4 Å². The van der Waals surface area contributed by atoms with Gasteiger partial charge in [-0.2, -0.15) is 0 Å². The molecule has 1 aliphatic rings. The van der Waals surface area contributed by atoms with Crippen molar-refractivity contribution in [3.8, 4) is 0 Å². The number of rotatable bonds is 8. The summed E-state index contributed by atoms with van der Waals surface area (Å²) < 4.78 is 5.85. The third-order valence-corrected chi connectivity index (χ3v) is 3.33. The van der Waals surface area contributed by atoms with Crippen LogP contribution in [0.25, 0.3) is 0 Å². The molecule has 1 aromatic heterocycles. The fraction of sp³-hybridized carbons (Fsp3) is 0.688. The van der Waals surface area contributed by atoms with E-state index in [1.165, 1.54) is 12.8 Å². The van der Waals surface area contributed by atoms with Gasteiger partial charge in [-0.25, -0.2) is 0 Å². The van der Waals surface area contributed by atoms with Crippen molar-refractivity contribution in [1.82, 2.24) is 10.3 Å². The highest BCUT2D eigenvalue weighted by Crippen LogP contribution is 2.19. The number of hydrogen-bond donors (Lipinski definition) is 1. The van der Waals surface area contributed by atoms with Crippen molar-refractivity contribution in [1.29, 1.82) is 0 Å². The Morgan fingerprint density at radius 3 is 2.68 bits per heavy atom. The van der Waals surface area contributed by atoms with Gasteiger partial charge in [0, 0.05) is 12.6 Å². The van der Waals surface area contributed by atoms with Gasteiger partial charge >= 0.3 is 0 Å². The lowest BCUT2D eigenvalue weighted by Crippen LogP contribution is -2.17. The molecule has 0 saturated heterocycles. The Morgan fingerprint density at radius 1 is 1.26 bits per heavy atom. The molecule has 1 N–H and O–H groups in total. The van der Waals surface area contributed by atoms with Crippen LogP contribution in [-0.2, 0) is 17.9 Å². The molecule has 1 aliphatic carbocycles. The minimum Gasteiger partial charge on any atom is -0.372 e. The molecule has 0 aliphatic heterocycles. The van der Waals surface area contributed by atoms with Crippen molar-refractivity contribution in [3.63, 3.8) is 0 Å². The number of aromatic nitrogens is 1. The molecule has 1 fully saturated rings. The molecule has 106 valence electrons. The SMILES string of the molecule is CC(C)CC(C)OCc1cccc(CNC2CC2)n1. The quantitative estimate of drug-likeness (QED) is 0.780. The van der Waals surface area contributed by atoms with Crippen LogP contribution in [0.5, 0.6) is 0 Å². The summed E-state index contributed by atoms with van der Waals surface area (Å²) in [7, 11) is 0. The molecule has 1 aromatic rings. The Kier molecular flexibility index (Phi) is 5.34. The van der Waals surface area contributed by atoms with Gasteiger partial charge in [-0.3, -0.25) is 4.98 Å². The number of nitrogens with zero attached hydrogens (tertiary/aromatic N) is 1. The Morgan fingerprint density at radius 2 is 2.00 bits per heavy atom. The molecule has 1 unspecified atom stereocenters. The molecule has 1 atom stereocenters. The van der Waals surface area contributed by atoms with E-state index in [-0.39, 0.29) is 0 Å². The van der Waals surface area contributed by atoms with Crippen LogP contribution in [0.15, 0.2) is 18.2 Å². The number of nitrogens with one attached hydrogen (secondary N) is 1. The third kappa shape index (κ3) is 5.70. The van der Waals surface area contributed by atoms with Gasteiger partial charge in [0.1, 0.15) is 0 Å². The maximum atomic E-state index is 5.85. The van der Waals surface area contributed by atoms with E-state index in [0.717, 1.165) is 30.4 Å². The lowest BCUT2D eigenvalue weighted by Gasteiger charge is -2.15. The molecular formula is C16H26N2O. The Bertz CT molecular complexity index is 388. The maximum Gasteiger partial charge on any atom is 0.0891 e. The molecule has 0 amide bonds. The van der Waals surface area contributed by atoms with Crippen molar-refractivity contribution >= 4 is 0 Å². The van der Waals surface area contributed by atoms with E-state index < -0.39 is 0 Å². The Hall–Kier alpha value is -0.930.